The summed E-state index contributed by atoms with van der Waals surface area (Å²) < 4.78 is 7.69. The molecule has 70 valence electrons. The quantitative estimate of drug-likeness (QED) is 0.609. The molecule has 0 saturated carbocycles. The first-order valence-electron chi connectivity index (χ1n) is 5.43. The van der Waals surface area contributed by atoms with Crippen LogP contribution in [-0.2, 0) is 12.8 Å². The minimum atomic E-state index is 0.688. The zero-order valence-electron chi connectivity index (χ0n) is 9.13. The Bertz CT molecular complexity index is 525. The van der Waals surface area contributed by atoms with Gasteiger partial charge in [-0.25, -0.2) is 0 Å². The summed E-state index contributed by atoms with van der Waals surface area (Å²) in [7, 11) is 0. The summed E-state index contributed by atoms with van der Waals surface area (Å²) in [6.45, 7) is 2.14. The third-order valence-electron chi connectivity index (χ3n) is 2.85. The van der Waals surface area contributed by atoms with Crippen LogP contribution < -0.4 is 0 Å². The average Bonchev–Trinajstić information content (AvgIpc) is 2.58. The van der Waals surface area contributed by atoms with Gasteiger partial charge in [0.05, 0.1) is 1.37 Å². The Hall–Kier alpha value is -1.08. The zero-order chi connectivity index (χ0) is 10.4. The standard InChI is InChI=1S/C13H12S/c1-9-2-5-12-11(8-9)4-3-10-6-7-14-13(10)12/h2,5-8H,3-4H2,1H3/i7T. The van der Waals surface area contributed by atoms with Crippen LogP contribution in [0.3, 0.4) is 0 Å². The highest BCUT2D eigenvalue weighted by Gasteiger charge is 2.16. The number of aryl methyl sites for hydroxylation is 3. The number of benzene rings is 1. The summed E-state index contributed by atoms with van der Waals surface area (Å²) in [5, 5.41) is 0.688. The average molecular weight is 202 g/mol. The number of fused-ring (bicyclic) bond motifs is 3. The molecule has 0 unspecified atom stereocenters. The number of thiophene rings is 1. The Morgan fingerprint density at radius 3 is 3.00 bits per heavy atom. The van der Waals surface area contributed by atoms with E-state index in [9.17, 15) is 0 Å². The SMILES string of the molecule is [3H]c1cc2c(s1)-c1ccc(C)cc1CC2. The van der Waals surface area contributed by atoms with Crippen LogP contribution in [0.25, 0.3) is 10.4 Å². The number of hydrogen-bond donors (Lipinski definition) is 0. The lowest BCUT2D eigenvalue weighted by atomic mass is 9.90. The van der Waals surface area contributed by atoms with Crippen LogP contribution in [-0.4, -0.2) is 0 Å². The summed E-state index contributed by atoms with van der Waals surface area (Å²) in [4.78, 5) is 1.32. The van der Waals surface area contributed by atoms with Crippen molar-refractivity contribution >= 4 is 11.3 Å². The first-order chi connectivity index (χ1) is 7.24. The van der Waals surface area contributed by atoms with Gasteiger partial charge >= 0.3 is 0 Å². The van der Waals surface area contributed by atoms with Gasteiger partial charge in [-0.3, -0.25) is 0 Å². The lowest BCUT2D eigenvalue weighted by Crippen LogP contribution is -2.00. The van der Waals surface area contributed by atoms with Crippen molar-refractivity contribution in [3.05, 3.63) is 46.3 Å². The van der Waals surface area contributed by atoms with Gasteiger partial charge in [-0.15, -0.1) is 11.3 Å². The molecule has 0 spiro atoms. The van der Waals surface area contributed by atoms with Gasteiger partial charge in [0.25, 0.3) is 0 Å². The van der Waals surface area contributed by atoms with E-state index in [1.165, 1.54) is 27.1 Å². The molecule has 0 radical (unpaired) electrons. The monoisotopic (exact) mass is 202 g/mol. The maximum Gasteiger partial charge on any atom is 0.0740 e. The fraction of sp³-hybridized carbons (Fsp3) is 0.231. The molecule has 1 heteroatoms. The number of hydrogen-bond acceptors (Lipinski definition) is 1. The third-order valence-corrected chi connectivity index (χ3v) is 3.78. The van der Waals surface area contributed by atoms with E-state index < -0.39 is 0 Å². The molecule has 1 aliphatic rings. The van der Waals surface area contributed by atoms with Crippen molar-refractivity contribution in [3.63, 3.8) is 0 Å². The van der Waals surface area contributed by atoms with Crippen molar-refractivity contribution in [1.82, 2.24) is 0 Å². The zero-order valence-corrected chi connectivity index (χ0v) is 8.95. The van der Waals surface area contributed by atoms with Crippen LogP contribution in [0, 0.1) is 6.92 Å². The van der Waals surface area contributed by atoms with Crippen molar-refractivity contribution in [2.24, 2.45) is 0 Å². The highest BCUT2D eigenvalue weighted by molar-refractivity contribution is 7.13. The van der Waals surface area contributed by atoms with Gasteiger partial charge < -0.3 is 0 Å². The first-order valence-corrected chi connectivity index (χ1v) is 5.75. The fourth-order valence-corrected chi connectivity index (χ4v) is 3.04. The molecule has 0 nitrogen and oxygen atoms in total. The van der Waals surface area contributed by atoms with E-state index in [2.05, 4.69) is 25.1 Å². The molecule has 0 fully saturated rings. The molecule has 2 aromatic rings. The molecule has 1 heterocycles. The van der Waals surface area contributed by atoms with Gasteiger partial charge in [-0.1, -0.05) is 23.8 Å². The van der Waals surface area contributed by atoms with Gasteiger partial charge in [-0.05, 0) is 47.9 Å². The van der Waals surface area contributed by atoms with Gasteiger partial charge in [-0.2, -0.15) is 0 Å². The Labute approximate surface area is 89.6 Å². The third kappa shape index (κ3) is 1.12. The normalized spacial score (nSPS) is 14.5. The fourth-order valence-electron chi connectivity index (χ4n) is 2.12. The first kappa shape index (κ1) is 7.24. The minimum Gasteiger partial charge on any atom is -0.144 e. The summed E-state index contributed by atoms with van der Waals surface area (Å²) in [6, 6.07) is 8.67. The highest BCUT2D eigenvalue weighted by Crippen LogP contribution is 2.37. The molecular weight excluding hydrogens is 188 g/mol. The maximum absolute atomic E-state index is 7.69. The van der Waals surface area contributed by atoms with E-state index in [1.807, 2.05) is 6.07 Å². The lowest BCUT2D eigenvalue weighted by molar-refractivity contribution is 0.948. The molecule has 0 aliphatic heterocycles. The van der Waals surface area contributed by atoms with Crippen molar-refractivity contribution in [2.45, 2.75) is 19.8 Å². The van der Waals surface area contributed by atoms with Crippen LogP contribution in [0.2, 0.25) is 0 Å². The molecule has 14 heavy (non-hydrogen) atoms. The van der Waals surface area contributed by atoms with Crippen molar-refractivity contribution < 1.29 is 1.37 Å². The molecule has 0 saturated heterocycles. The topological polar surface area (TPSA) is 0 Å². The second-order valence-corrected chi connectivity index (χ2v) is 4.73. The molecule has 1 aromatic carbocycles. The predicted octanol–water partition coefficient (Wildman–Crippen LogP) is 3.82. The largest absolute Gasteiger partial charge is 0.144 e. The Morgan fingerprint density at radius 1 is 1.21 bits per heavy atom. The molecule has 1 aromatic heterocycles. The van der Waals surface area contributed by atoms with Gasteiger partial charge in [0.2, 0.25) is 0 Å². The van der Waals surface area contributed by atoms with E-state index in [0.29, 0.717) is 5.36 Å². The summed E-state index contributed by atoms with van der Waals surface area (Å²) in [5.74, 6) is 0. The lowest BCUT2D eigenvalue weighted by Gasteiger charge is -2.16. The Morgan fingerprint density at radius 2 is 2.07 bits per heavy atom. The van der Waals surface area contributed by atoms with E-state index in [1.54, 1.807) is 11.3 Å². The number of rotatable bonds is 0. The van der Waals surface area contributed by atoms with Crippen LogP contribution in [0.5, 0.6) is 0 Å². The molecular formula is C13H12S. The van der Waals surface area contributed by atoms with Crippen molar-refractivity contribution in [1.29, 1.82) is 0 Å². The van der Waals surface area contributed by atoms with Crippen LogP contribution in [0.1, 0.15) is 18.1 Å². The Kier molecular flexibility index (Phi) is 1.53. The van der Waals surface area contributed by atoms with E-state index >= 15 is 0 Å². The molecule has 0 amide bonds. The molecule has 0 N–H and O–H groups in total. The second-order valence-electron chi connectivity index (χ2n) is 3.88. The summed E-state index contributed by atoms with van der Waals surface area (Å²) >= 11 is 1.61. The molecule has 1 aliphatic carbocycles. The smallest absolute Gasteiger partial charge is 0.0740 e. The van der Waals surface area contributed by atoms with Crippen LogP contribution >= 0.6 is 11.3 Å². The molecule has 0 atom stereocenters. The van der Waals surface area contributed by atoms with Gasteiger partial charge in [0.1, 0.15) is 0 Å². The van der Waals surface area contributed by atoms with Crippen LogP contribution in [0.4, 0.5) is 0 Å². The van der Waals surface area contributed by atoms with E-state index in [-0.39, 0.29) is 0 Å². The van der Waals surface area contributed by atoms with Gasteiger partial charge in [0, 0.05) is 4.88 Å². The highest BCUT2D eigenvalue weighted by atomic mass is 32.1. The van der Waals surface area contributed by atoms with E-state index in [0.717, 1.165) is 12.8 Å². The van der Waals surface area contributed by atoms with Gasteiger partial charge in [0.15, 0.2) is 0 Å². The molecule has 3 rings (SSSR count). The van der Waals surface area contributed by atoms with E-state index in [4.69, 9.17) is 1.37 Å². The second kappa shape index (κ2) is 2.96. The maximum atomic E-state index is 7.69. The van der Waals surface area contributed by atoms with Crippen molar-refractivity contribution in [3.8, 4) is 10.4 Å². The summed E-state index contributed by atoms with van der Waals surface area (Å²) in [6.07, 6.45) is 2.22. The predicted molar refractivity (Wildman–Crippen MR) is 61.9 cm³/mol. The molecule has 0 bridgehead atoms. The summed E-state index contributed by atoms with van der Waals surface area (Å²) in [5.41, 5.74) is 5.50. The Balaban J connectivity index is 2.25. The minimum absolute atomic E-state index is 0.688. The van der Waals surface area contributed by atoms with Crippen LogP contribution in [0.15, 0.2) is 29.6 Å². The van der Waals surface area contributed by atoms with Crippen molar-refractivity contribution in [2.75, 3.05) is 0 Å².